The minimum absolute atomic E-state index is 0.0662. The number of rotatable bonds is 9. The van der Waals surface area contributed by atoms with E-state index >= 15 is 0 Å². The lowest BCUT2D eigenvalue weighted by Gasteiger charge is -2.29. The number of hydrogen-bond donors (Lipinski definition) is 1. The van der Waals surface area contributed by atoms with Crippen LogP contribution in [0.4, 0.5) is 0 Å². The first-order valence-electron chi connectivity index (χ1n) is 9.89. The second-order valence-electron chi connectivity index (χ2n) is 7.11. The van der Waals surface area contributed by atoms with Gasteiger partial charge >= 0.3 is 0 Å². The molecule has 0 bridgehead atoms. The summed E-state index contributed by atoms with van der Waals surface area (Å²) in [7, 11) is 3.22. The highest BCUT2D eigenvalue weighted by Crippen LogP contribution is 2.34. The molecule has 29 heavy (non-hydrogen) atoms. The minimum atomic E-state index is -0.468. The van der Waals surface area contributed by atoms with Crippen molar-refractivity contribution in [2.24, 2.45) is 5.41 Å². The number of nitrogens with one attached hydrogen (secondary N) is 1. The van der Waals surface area contributed by atoms with Gasteiger partial charge in [0.2, 0.25) is 5.91 Å². The minimum Gasteiger partial charge on any atom is -0.493 e. The average molecular weight is 413 g/mol. The van der Waals surface area contributed by atoms with Crippen molar-refractivity contribution in [2.75, 3.05) is 14.2 Å². The lowest BCUT2D eigenvalue weighted by molar-refractivity contribution is -0.131. The molecule has 0 spiro atoms. The van der Waals surface area contributed by atoms with Crippen LogP contribution in [0, 0.1) is 5.41 Å². The van der Waals surface area contributed by atoms with Crippen molar-refractivity contribution in [3.63, 3.8) is 0 Å². The van der Waals surface area contributed by atoms with Crippen LogP contribution in [0.3, 0.4) is 0 Å². The van der Waals surface area contributed by atoms with Gasteiger partial charge in [0.25, 0.3) is 0 Å². The number of nitrogens with zero attached hydrogens (tertiary/aromatic N) is 1. The quantitative estimate of drug-likeness (QED) is 0.538. The highest BCUT2D eigenvalue weighted by atomic mass is 32.1. The van der Waals surface area contributed by atoms with Gasteiger partial charge in [-0.25, -0.2) is 4.98 Å². The molecule has 1 aromatic heterocycles. The Hall–Kier alpha value is -2.60. The first-order valence-corrected chi connectivity index (χ1v) is 10.7. The van der Waals surface area contributed by atoms with Gasteiger partial charge in [-0.15, -0.1) is 11.3 Å². The lowest BCUT2D eigenvalue weighted by atomic mass is 9.78. The molecule has 0 unspecified atom stereocenters. The molecule has 0 aliphatic rings. The number of hydrogen-bond acceptors (Lipinski definition) is 5. The Bertz CT molecular complexity index is 946. The maximum atomic E-state index is 13.2. The molecule has 5 nitrogen and oxygen atoms in total. The zero-order chi connectivity index (χ0) is 20.9. The van der Waals surface area contributed by atoms with Crippen molar-refractivity contribution in [3.05, 3.63) is 53.0 Å². The summed E-state index contributed by atoms with van der Waals surface area (Å²) in [5.74, 6) is 1.40. The van der Waals surface area contributed by atoms with Crippen molar-refractivity contribution in [1.29, 1.82) is 0 Å². The molecular formula is C23H28N2O3S. The first-order chi connectivity index (χ1) is 14.0. The predicted molar refractivity (Wildman–Crippen MR) is 118 cm³/mol. The normalized spacial score (nSPS) is 11.4. The Labute approximate surface area is 176 Å². The summed E-state index contributed by atoms with van der Waals surface area (Å²) in [6.07, 6.45) is 2.17. The number of fused-ring (bicyclic) bond motifs is 1. The Kier molecular flexibility index (Phi) is 6.75. The van der Waals surface area contributed by atoms with E-state index in [1.54, 1.807) is 25.6 Å². The summed E-state index contributed by atoms with van der Waals surface area (Å²) in [5.41, 5.74) is 1.50. The monoisotopic (exact) mass is 412 g/mol. The molecule has 1 heterocycles. The number of carbonyl (C=O) groups excluding carboxylic acids is 1. The van der Waals surface area contributed by atoms with Crippen LogP contribution in [0.2, 0.25) is 0 Å². The van der Waals surface area contributed by atoms with Gasteiger partial charge in [-0.05, 0) is 42.7 Å². The van der Waals surface area contributed by atoms with Gasteiger partial charge in [0, 0.05) is 13.0 Å². The number of ether oxygens (including phenoxy) is 2. The van der Waals surface area contributed by atoms with Crippen LogP contribution in [0.15, 0.2) is 42.5 Å². The third-order valence-corrected chi connectivity index (χ3v) is 6.60. The molecule has 0 saturated heterocycles. The summed E-state index contributed by atoms with van der Waals surface area (Å²) in [4.78, 5) is 18.0. The van der Waals surface area contributed by atoms with E-state index in [0.717, 1.165) is 33.6 Å². The molecule has 3 aromatic rings. The number of methoxy groups -OCH3 is 2. The van der Waals surface area contributed by atoms with Gasteiger partial charge in [-0.1, -0.05) is 32.0 Å². The molecule has 0 atom stereocenters. The largest absolute Gasteiger partial charge is 0.493 e. The molecule has 1 amide bonds. The summed E-state index contributed by atoms with van der Waals surface area (Å²) in [6, 6.07) is 13.8. The van der Waals surface area contributed by atoms with Crippen molar-refractivity contribution >= 4 is 27.5 Å². The van der Waals surface area contributed by atoms with E-state index in [9.17, 15) is 4.79 Å². The van der Waals surface area contributed by atoms with E-state index in [2.05, 4.69) is 25.2 Å². The van der Waals surface area contributed by atoms with Gasteiger partial charge in [0.15, 0.2) is 11.5 Å². The summed E-state index contributed by atoms with van der Waals surface area (Å²) in [5, 5.41) is 4.14. The van der Waals surface area contributed by atoms with Gasteiger partial charge in [-0.3, -0.25) is 4.79 Å². The van der Waals surface area contributed by atoms with Crippen LogP contribution in [0.25, 0.3) is 10.2 Å². The van der Waals surface area contributed by atoms with Crippen molar-refractivity contribution in [3.8, 4) is 11.5 Å². The van der Waals surface area contributed by atoms with Crippen LogP contribution in [0.5, 0.6) is 11.5 Å². The average Bonchev–Trinajstić information content (AvgIpc) is 3.17. The maximum absolute atomic E-state index is 13.2. The van der Waals surface area contributed by atoms with Gasteiger partial charge in [-0.2, -0.15) is 0 Å². The molecule has 3 rings (SSSR count). The van der Waals surface area contributed by atoms with Gasteiger partial charge < -0.3 is 14.8 Å². The third-order valence-electron chi connectivity index (χ3n) is 5.56. The van der Waals surface area contributed by atoms with E-state index in [4.69, 9.17) is 14.5 Å². The molecule has 2 aromatic carbocycles. The van der Waals surface area contributed by atoms with E-state index < -0.39 is 5.41 Å². The van der Waals surface area contributed by atoms with E-state index in [-0.39, 0.29) is 5.91 Å². The SMILES string of the molecule is CCC(CC)(Cc1nc2ccccc2s1)C(=O)NCc1ccc(OC)c(OC)c1. The van der Waals surface area contributed by atoms with Crippen molar-refractivity contribution in [2.45, 2.75) is 39.7 Å². The Morgan fingerprint density at radius 3 is 2.45 bits per heavy atom. The smallest absolute Gasteiger partial charge is 0.226 e. The third kappa shape index (κ3) is 4.53. The molecule has 0 fully saturated rings. The topological polar surface area (TPSA) is 60.5 Å². The molecule has 1 N–H and O–H groups in total. The molecule has 154 valence electrons. The maximum Gasteiger partial charge on any atom is 0.226 e. The number of aromatic nitrogens is 1. The van der Waals surface area contributed by atoms with Crippen LogP contribution in [-0.4, -0.2) is 25.1 Å². The number of carbonyl (C=O) groups is 1. The number of para-hydroxylation sites is 1. The zero-order valence-electron chi connectivity index (χ0n) is 17.5. The predicted octanol–water partition coefficient (Wildman–Crippen LogP) is 4.98. The highest BCUT2D eigenvalue weighted by Gasteiger charge is 2.36. The summed E-state index contributed by atoms with van der Waals surface area (Å²) < 4.78 is 11.8. The molecule has 0 saturated carbocycles. The zero-order valence-corrected chi connectivity index (χ0v) is 18.3. The fourth-order valence-electron chi connectivity index (χ4n) is 3.55. The Balaban J connectivity index is 1.74. The first kappa shape index (κ1) is 21.1. The van der Waals surface area contributed by atoms with E-state index in [1.807, 2.05) is 36.4 Å². The van der Waals surface area contributed by atoms with Gasteiger partial charge in [0.05, 0.1) is 34.9 Å². The fraction of sp³-hybridized carbons (Fsp3) is 0.391. The van der Waals surface area contributed by atoms with Crippen LogP contribution in [0.1, 0.15) is 37.3 Å². The number of amides is 1. The second kappa shape index (κ2) is 9.27. The Morgan fingerprint density at radius 1 is 1.07 bits per heavy atom. The van der Waals surface area contributed by atoms with Crippen LogP contribution < -0.4 is 14.8 Å². The molecule has 6 heteroatoms. The second-order valence-corrected chi connectivity index (χ2v) is 8.23. The number of benzene rings is 2. The van der Waals surface area contributed by atoms with E-state index in [0.29, 0.717) is 24.5 Å². The van der Waals surface area contributed by atoms with Crippen molar-refractivity contribution < 1.29 is 14.3 Å². The van der Waals surface area contributed by atoms with Crippen molar-refractivity contribution in [1.82, 2.24) is 10.3 Å². The van der Waals surface area contributed by atoms with Crippen LogP contribution in [-0.2, 0) is 17.8 Å². The van der Waals surface area contributed by atoms with Gasteiger partial charge in [0.1, 0.15) is 0 Å². The number of thiazole rings is 1. The highest BCUT2D eigenvalue weighted by molar-refractivity contribution is 7.18. The molecule has 0 radical (unpaired) electrons. The summed E-state index contributed by atoms with van der Waals surface area (Å²) >= 11 is 1.67. The van der Waals surface area contributed by atoms with Crippen LogP contribution >= 0.6 is 11.3 Å². The lowest BCUT2D eigenvalue weighted by Crippen LogP contribution is -2.41. The molecular weight excluding hydrogens is 384 g/mol. The van der Waals surface area contributed by atoms with E-state index in [1.165, 1.54) is 0 Å². The standard InChI is InChI=1S/C23H28N2O3S/c1-5-23(6-2,14-21-25-17-9-7-8-10-20(17)29-21)22(26)24-15-16-11-12-18(27-3)19(13-16)28-4/h7-13H,5-6,14-15H2,1-4H3,(H,24,26). The Morgan fingerprint density at radius 2 is 1.79 bits per heavy atom. The molecule has 0 aliphatic heterocycles. The molecule has 0 aliphatic carbocycles. The fourth-order valence-corrected chi connectivity index (χ4v) is 4.66. The summed E-state index contributed by atoms with van der Waals surface area (Å²) in [6.45, 7) is 4.60.